The number of hydrogen-bond donors (Lipinski definition) is 2. The number of alkyl halides is 1. The van der Waals surface area contributed by atoms with E-state index in [1.54, 1.807) is 0 Å². The summed E-state index contributed by atoms with van der Waals surface area (Å²) >= 11 is 5.81. The van der Waals surface area contributed by atoms with Crippen LogP contribution >= 0.6 is 11.6 Å². The fourth-order valence-electron chi connectivity index (χ4n) is 0.299. The van der Waals surface area contributed by atoms with E-state index in [4.69, 9.17) is 11.6 Å². The number of rotatable bonds is 3. The Morgan fingerprint density at radius 2 is 2.00 bits per heavy atom. The first-order valence-corrected chi connectivity index (χ1v) is 3.02. The van der Waals surface area contributed by atoms with Crippen LogP contribution in [0.25, 0.3) is 0 Å². The molecule has 0 radical (unpaired) electrons. The van der Waals surface area contributed by atoms with Crippen LogP contribution < -0.4 is 10.9 Å². The molecule has 0 heterocycles. The van der Waals surface area contributed by atoms with E-state index < -0.39 is 0 Å². The number of halogens is 1. The quantitative estimate of drug-likeness (QED) is 0.442. The molecule has 0 aromatic carbocycles. The molecule has 0 aromatic rings. The van der Waals surface area contributed by atoms with E-state index in [1.165, 1.54) is 0 Å². The second-order valence-corrected chi connectivity index (χ2v) is 3.35. The molecule has 0 saturated carbocycles. The van der Waals surface area contributed by atoms with Crippen LogP contribution in [0, 0.1) is 0 Å². The zero-order valence-electron chi connectivity index (χ0n) is 5.59. The lowest BCUT2D eigenvalue weighted by molar-refractivity contribution is 0.527. The summed E-state index contributed by atoms with van der Waals surface area (Å²) in [6.45, 7) is 4.68. The van der Waals surface area contributed by atoms with E-state index in [2.05, 4.69) is 10.9 Å². The van der Waals surface area contributed by atoms with Crippen LogP contribution in [-0.2, 0) is 0 Å². The lowest BCUT2D eigenvalue weighted by atomic mass is 10.2. The van der Waals surface area contributed by atoms with Gasteiger partial charge in [0.15, 0.2) is 0 Å². The van der Waals surface area contributed by atoms with Crippen molar-refractivity contribution >= 4 is 11.6 Å². The van der Waals surface area contributed by atoms with Gasteiger partial charge in [0.05, 0.1) is 4.87 Å². The van der Waals surface area contributed by atoms with Crippen LogP contribution in [0.15, 0.2) is 0 Å². The van der Waals surface area contributed by atoms with Gasteiger partial charge in [-0.2, -0.15) is 0 Å². The number of hydrazine groups is 1. The van der Waals surface area contributed by atoms with Crippen molar-refractivity contribution in [1.29, 1.82) is 0 Å². The van der Waals surface area contributed by atoms with Crippen LogP contribution in [0.5, 0.6) is 0 Å². The van der Waals surface area contributed by atoms with Gasteiger partial charge in [-0.15, -0.1) is 11.6 Å². The number of hydrogen-bond acceptors (Lipinski definition) is 2. The van der Waals surface area contributed by atoms with Gasteiger partial charge in [-0.3, -0.25) is 10.9 Å². The second kappa shape index (κ2) is 3.28. The average molecular weight is 137 g/mol. The normalized spacial score (nSPS) is 12.0. The maximum absolute atomic E-state index is 5.81. The summed E-state index contributed by atoms with van der Waals surface area (Å²) in [5.41, 5.74) is 5.70. The third kappa shape index (κ3) is 6.21. The highest BCUT2D eigenvalue weighted by molar-refractivity contribution is 6.23. The fourth-order valence-corrected chi connectivity index (χ4v) is 0.365. The van der Waals surface area contributed by atoms with Crippen LogP contribution in [0.1, 0.15) is 13.8 Å². The summed E-state index contributed by atoms with van der Waals surface area (Å²) in [5.74, 6) is 0. The molecule has 0 aliphatic rings. The first kappa shape index (κ1) is 8.21. The minimum atomic E-state index is -0.150. The lowest BCUT2D eigenvalue weighted by Crippen LogP contribution is -2.37. The van der Waals surface area contributed by atoms with Gasteiger partial charge in [0.2, 0.25) is 0 Å². The van der Waals surface area contributed by atoms with Crippen molar-refractivity contribution in [2.45, 2.75) is 18.7 Å². The molecular weight excluding hydrogens is 124 g/mol. The predicted octanol–water partition coefficient (Wildman–Crippen LogP) is 0.728. The van der Waals surface area contributed by atoms with E-state index in [1.807, 2.05) is 20.9 Å². The molecule has 0 bridgehead atoms. The highest BCUT2D eigenvalue weighted by Gasteiger charge is 2.10. The van der Waals surface area contributed by atoms with Gasteiger partial charge in [-0.25, -0.2) is 0 Å². The Labute approximate surface area is 55.6 Å². The van der Waals surface area contributed by atoms with Crippen molar-refractivity contribution in [2.75, 3.05) is 13.6 Å². The SMILES string of the molecule is CNNCC(C)(C)Cl. The highest BCUT2D eigenvalue weighted by Crippen LogP contribution is 2.08. The molecule has 0 aliphatic heterocycles. The van der Waals surface area contributed by atoms with Gasteiger partial charge in [0.1, 0.15) is 0 Å². The first-order valence-electron chi connectivity index (χ1n) is 2.65. The Kier molecular flexibility index (Phi) is 3.36. The van der Waals surface area contributed by atoms with Crippen LogP contribution in [-0.4, -0.2) is 18.5 Å². The summed E-state index contributed by atoms with van der Waals surface area (Å²) < 4.78 is 0. The standard InChI is InChI=1S/C5H13ClN2/c1-5(2,6)4-8-7-3/h7-8H,4H2,1-3H3. The summed E-state index contributed by atoms with van der Waals surface area (Å²) in [6, 6.07) is 0. The monoisotopic (exact) mass is 136 g/mol. The maximum Gasteiger partial charge on any atom is 0.0528 e. The topological polar surface area (TPSA) is 24.1 Å². The van der Waals surface area contributed by atoms with Gasteiger partial charge in [0.25, 0.3) is 0 Å². The summed E-state index contributed by atoms with van der Waals surface area (Å²) in [6.07, 6.45) is 0. The van der Waals surface area contributed by atoms with Gasteiger partial charge >= 0.3 is 0 Å². The Morgan fingerprint density at radius 3 is 2.12 bits per heavy atom. The van der Waals surface area contributed by atoms with E-state index in [0.29, 0.717) is 0 Å². The molecule has 8 heavy (non-hydrogen) atoms. The molecule has 0 unspecified atom stereocenters. The Bertz CT molecular complexity index is 57.9. The van der Waals surface area contributed by atoms with Crippen LogP contribution in [0.2, 0.25) is 0 Å². The third-order valence-electron chi connectivity index (χ3n) is 0.686. The van der Waals surface area contributed by atoms with Gasteiger partial charge in [0, 0.05) is 6.54 Å². The van der Waals surface area contributed by atoms with Gasteiger partial charge < -0.3 is 0 Å². The van der Waals surface area contributed by atoms with Crippen molar-refractivity contribution in [3.05, 3.63) is 0 Å². The molecule has 0 atom stereocenters. The van der Waals surface area contributed by atoms with E-state index in [-0.39, 0.29) is 4.87 Å². The average Bonchev–Trinajstić information content (AvgIpc) is 1.59. The minimum Gasteiger partial charge on any atom is -0.261 e. The molecule has 50 valence electrons. The van der Waals surface area contributed by atoms with Crippen molar-refractivity contribution in [3.8, 4) is 0 Å². The minimum absolute atomic E-state index is 0.150. The van der Waals surface area contributed by atoms with Gasteiger partial charge in [-0.1, -0.05) is 0 Å². The summed E-state index contributed by atoms with van der Waals surface area (Å²) in [7, 11) is 1.82. The van der Waals surface area contributed by atoms with Crippen molar-refractivity contribution in [3.63, 3.8) is 0 Å². The van der Waals surface area contributed by atoms with Crippen molar-refractivity contribution < 1.29 is 0 Å². The van der Waals surface area contributed by atoms with E-state index in [0.717, 1.165) is 6.54 Å². The smallest absolute Gasteiger partial charge is 0.0528 e. The molecule has 0 aromatic heterocycles. The Morgan fingerprint density at radius 1 is 1.50 bits per heavy atom. The molecule has 2 nitrogen and oxygen atoms in total. The first-order chi connectivity index (χ1) is 3.56. The molecule has 0 spiro atoms. The van der Waals surface area contributed by atoms with Crippen LogP contribution in [0.3, 0.4) is 0 Å². The second-order valence-electron chi connectivity index (χ2n) is 2.32. The molecule has 2 N–H and O–H groups in total. The van der Waals surface area contributed by atoms with Gasteiger partial charge in [-0.05, 0) is 20.9 Å². The number of nitrogens with one attached hydrogen (secondary N) is 2. The molecule has 0 amide bonds. The molecule has 0 rings (SSSR count). The zero-order chi connectivity index (χ0) is 6.62. The Balaban J connectivity index is 3.11. The zero-order valence-corrected chi connectivity index (χ0v) is 6.34. The fraction of sp³-hybridized carbons (Fsp3) is 1.00. The highest BCUT2D eigenvalue weighted by atomic mass is 35.5. The van der Waals surface area contributed by atoms with Crippen molar-refractivity contribution in [1.82, 2.24) is 10.9 Å². The summed E-state index contributed by atoms with van der Waals surface area (Å²) in [5, 5.41) is 0. The third-order valence-corrected chi connectivity index (χ3v) is 0.819. The van der Waals surface area contributed by atoms with Crippen molar-refractivity contribution in [2.24, 2.45) is 0 Å². The molecule has 3 heteroatoms. The molecule has 0 aliphatic carbocycles. The summed E-state index contributed by atoms with van der Waals surface area (Å²) in [4.78, 5) is -0.150. The largest absolute Gasteiger partial charge is 0.261 e. The predicted molar refractivity (Wildman–Crippen MR) is 37.0 cm³/mol. The maximum atomic E-state index is 5.81. The molecule has 0 saturated heterocycles. The lowest BCUT2D eigenvalue weighted by Gasteiger charge is -2.14. The molecule has 0 fully saturated rings. The van der Waals surface area contributed by atoms with E-state index in [9.17, 15) is 0 Å². The van der Waals surface area contributed by atoms with Crippen LogP contribution in [0.4, 0.5) is 0 Å². The molecular formula is C5H13ClN2. The Hall–Kier alpha value is 0.210. The van der Waals surface area contributed by atoms with E-state index >= 15 is 0 Å².